The Morgan fingerprint density at radius 1 is 0.957 bits per heavy atom. The number of halogens is 1. The van der Waals surface area contributed by atoms with E-state index in [-0.39, 0.29) is 0 Å². The first-order valence-corrected chi connectivity index (χ1v) is 9.44. The Labute approximate surface area is 156 Å². The summed E-state index contributed by atoms with van der Waals surface area (Å²) >= 11 is 2.42. The molecule has 3 rings (SSSR count). The van der Waals surface area contributed by atoms with Gasteiger partial charge in [-0.1, -0.05) is 18.2 Å². The van der Waals surface area contributed by atoms with Gasteiger partial charge in [0.25, 0.3) is 0 Å². The second-order valence-corrected chi connectivity index (χ2v) is 5.97. The van der Waals surface area contributed by atoms with Gasteiger partial charge < -0.3 is 9.80 Å². The number of hydrogen-bond acceptors (Lipinski definition) is 2. The summed E-state index contributed by atoms with van der Waals surface area (Å²) in [5.41, 5.74) is 9.40. The van der Waals surface area contributed by atoms with Gasteiger partial charge in [0.15, 0.2) is 0 Å². The van der Waals surface area contributed by atoms with Gasteiger partial charge in [0.05, 0.1) is 11.4 Å². The van der Waals surface area contributed by atoms with Crippen LogP contribution < -0.4 is 9.80 Å². The van der Waals surface area contributed by atoms with Gasteiger partial charge in [0.1, 0.15) is 0 Å². The molecule has 0 aliphatic carbocycles. The van der Waals surface area contributed by atoms with Crippen LogP contribution in [0.3, 0.4) is 0 Å². The minimum absolute atomic E-state index is 0.877. The maximum atomic E-state index is 4.45. The van der Waals surface area contributed by atoms with Gasteiger partial charge in [-0.3, -0.25) is 0 Å². The zero-order valence-corrected chi connectivity index (χ0v) is 16.4. The number of fused-ring (bicyclic) bond motifs is 1. The molecule has 23 heavy (non-hydrogen) atoms. The van der Waals surface area contributed by atoms with Gasteiger partial charge in [-0.15, -0.1) is 0 Å². The van der Waals surface area contributed by atoms with E-state index in [1.807, 2.05) is 0 Å². The maximum absolute atomic E-state index is 4.45. The van der Waals surface area contributed by atoms with E-state index in [0.717, 1.165) is 6.54 Å². The molecule has 4 heteroatoms. The summed E-state index contributed by atoms with van der Waals surface area (Å²) in [6.45, 7) is 13.1. The molecule has 1 aliphatic rings. The van der Waals surface area contributed by atoms with Crippen molar-refractivity contribution in [1.29, 1.82) is 0 Å². The number of hydrogen-bond donors (Lipinski definition) is 0. The van der Waals surface area contributed by atoms with Crippen LogP contribution in [0.1, 0.15) is 27.8 Å². The first-order valence-electron chi connectivity index (χ1n) is 7.53. The molecular weight excluding hydrogens is 400 g/mol. The summed E-state index contributed by atoms with van der Waals surface area (Å²) in [4.78, 5) is 4.30. The molecule has 1 heterocycles. The summed E-state index contributed by atoms with van der Waals surface area (Å²) in [7, 11) is 6.50. The van der Waals surface area contributed by atoms with Crippen molar-refractivity contribution in [1.82, 2.24) is 0 Å². The van der Waals surface area contributed by atoms with Crippen molar-refractivity contribution < 1.29 is 20.0 Å². The van der Waals surface area contributed by atoms with Crippen molar-refractivity contribution in [2.24, 2.45) is 0 Å². The van der Waals surface area contributed by atoms with Crippen molar-refractivity contribution in [2.45, 2.75) is 34.2 Å². The van der Waals surface area contributed by atoms with Gasteiger partial charge in [0.2, 0.25) is 6.67 Å². The van der Waals surface area contributed by atoms with E-state index >= 15 is 0 Å². The number of aryl methyl sites for hydroxylation is 2. The Kier molecular flexibility index (Phi) is 6.21. The molecule has 0 saturated heterocycles. The molecule has 126 valence electrons. The van der Waals surface area contributed by atoms with E-state index in [4.69, 9.17) is 0 Å². The molecule has 1 aliphatic heterocycles. The summed E-state index contributed by atoms with van der Waals surface area (Å²) in [5, 5.41) is 0. The van der Waals surface area contributed by atoms with Crippen LogP contribution in [0.2, 0.25) is 0 Å². The van der Waals surface area contributed by atoms with Gasteiger partial charge in [-0.25, -0.2) is 0 Å². The van der Waals surface area contributed by atoms with Crippen molar-refractivity contribution >= 4 is 20.6 Å². The average Bonchev–Trinajstić information content (AvgIpc) is 2.88. The van der Waals surface area contributed by atoms with Crippen LogP contribution in [0.15, 0.2) is 30.3 Å². The Morgan fingerprint density at radius 2 is 1.48 bits per heavy atom. The second kappa shape index (κ2) is 7.76. The van der Waals surface area contributed by atoms with Crippen molar-refractivity contribution in [2.75, 3.05) is 16.8 Å². The molecule has 2 nitrogen and oxygen atoms in total. The Morgan fingerprint density at radius 3 is 2.04 bits per heavy atom. The van der Waals surface area contributed by atoms with Crippen LogP contribution in [-0.2, 0) is 26.5 Å². The molecule has 2 radical (unpaired) electrons. The predicted molar refractivity (Wildman–Crippen MR) is 95.5 cm³/mol. The molecule has 0 N–H and O–H groups in total. The molecule has 2 aromatic rings. The average molecular weight is 422 g/mol. The fourth-order valence-corrected chi connectivity index (χ4v) is 3.08. The monoisotopic (exact) mass is 420 g/mol. The molecule has 0 amide bonds. The SMILES string of the molecule is Cc1cc(C)c(C)c(CN2[C]N(C)c3ccccc32)c1C.[Cl][Ag]. The molecule has 0 saturated carbocycles. The van der Waals surface area contributed by atoms with Crippen molar-refractivity contribution in [3.05, 3.63) is 64.8 Å². The van der Waals surface area contributed by atoms with Crippen LogP contribution in [0, 0.1) is 34.4 Å². The summed E-state index contributed by atoms with van der Waals surface area (Å²) in [6.07, 6.45) is 0. The van der Waals surface area contributed by atoms with Gasteiger partial charge in [-0.2, -0.15) is 0 Å². The molecule has 0 fully saturated rings. The van der Waals surface area contributed by atoms with E-state index in [2.05, 4.69) is 111 Å². The molecule has 0 unspecified atom stereocenters. The van der Waals surface area contributed by atoms with Crippen LogP contribution in [0.25, 0.3) is 0 Å². The first kappa shape index (κ1) is 18.4. The van der Waals surface area contributed by atoms with Crippen LogP contribution in [0.4, 0.5) is 11.4 Å². The standard InChI is InChI=1S/C19H22N2.Ag.ClH/c1-13-10-14(2)16(4)17(15(13)3)11-21-12-20(5)18-8-6-7-9-19(18)21;;/h6-10H,11H2,1-5H3;;1H/q;+1;/p-1. The predicted octanol–water partition coefficient (Wildman–Crippen LogP) is 5.06. The second-order valence-electron chi connectivity index (χ2n) is 5.97. The molecule has 0 aromatic heterocycles. The number of para-hydroxylation sites is 2. The third kappa shape index (κ3) is 3.61. The van der Waals surface area contributed by atoms with Crippen LogP contribution >= 0.6 is 9.19 Å². The topological polar surface area (TPSA) is 6.48 Å². The number of benzene rings is 2. The van der Waals surface area contributed by atoms with E-state index in [1.165, 1.54) is 39.2 Å². The van der Waals surface area contributed by atoms with Gasteiger partial charge in [0, 0.05) is 13.6 Å². The summed E-state index contributed by atoms with van der Waals surface area (Å²) in [6, 6.07) is 10.8. The third-order valence-electron chi connectivity index (χ3n) is 4.64. The Balaban J connectivity index is 0.000000924. The molecule has 0 atom stereocenters. The molecular formula is C19H22AgClN2. The van der Waals surface area contributed by atoms with Crippen LogP contribution in [0.5, 0.6) is 0 Å². The molecule has 0 bridgehead atoms. The van der Waals surface area contributed by atoms with E-state index in [1.54, 1.807) is 0 Å². The van der Waals surface area contributed by atoms with Gasteiger partial charge >= 0.3 is 29.2 Å². The number of nitrogens with zero attached hydrogens (tertiary/aromatic N) is 2. The zero-order valence-electron chi connectivity index (χ0n) is 14.2. The summed E-state index contributed by atoms with van der Waals surface area (Å²) < 4.78 is 0. The molecule has 2 aromatic carbocycles. The molecule has 0 spiro atoms. The third-order valence-corrected chi connectivity index (χ3v) is 4.64. The normalized spacial score (nSPS) is 12.9. The van der Waals surface area contributed by atoms with E-state index in [0.29, 0.717) is 0 Å². The van der Waals surface area contributed by atoms with Gasteiger partial charge in [-0.05, 0) is 67.6 Å². The Hall–Kier alpha value is -0.930. The zero-order chi connectivity index (χ0) is 17.1. The fourth-order valence-electron chi connectivity index (χ4n) is 3.08. The van der Waals surface area contributed by atoms with E-state index < -0.39 is 0 Å². The fraction of sp³-hybridized carbons (Fsp3) is 0.316. The number of anilines is 2. The quantitative estimate of drug-likeness (QED) is 0.625. The van der Waals surface area contributed by atoms with Crippen molar-refractivity contribution in [3.63, 3.8) is 0 Å². The van der Waals surface area contributed by atoms with Crippen molar-refractivity contribution in [3.8, 4) is 0 Å². The summed E-state index contributed by atoms with van der Waals surface area (Å²) in [5.74, 6) is 0. The minimum atomic E-state index is 0.877. The van der Waals surface area contributed by atoms with E-state index in [9.17, 15) is 0 Å². The Bertz CT molecular complexity index is 674. The van der Waals surface area contributed by atoms with Crippen LogP contribution in [-0.4, -0.2) is 7.05 Å². The number of rotatable bonds is 2. The first-order chi connectivity index (χ1) is 11.0.